The van der Waals surface area contributed by atoms with Gasteiger partial charge in [-0.05, 0) is 74.3 Å². The molecule has 0 aromatic carbocycles. The van der Waals surface area contributed by atoms with E-state index in [9.17, 15) is 31.1 Å². The van der Waals surface area contributed by atoms with Crippen LogP contribution in [-0.2, 0) is 18.9 Å². The predicted octanol–water partition coefficient (Wildman–Crippen LogP) is 6.42. The van der Waals surface area contributed by atoms with Gasteiger partial charge in [-0.2, -0.15) is 26.3 Å². The van der Waals surface area contributed by atoms with Gasteiger partial charge in [0, 0.05) is 30.4 Å². The van der Waals surface area contributed by atoms with Crippen molar-refractivity contribution in [3.8, 4) is 0 Å². The van der Waals surface area contributed by atoms with Crippen LogP contribution in [0, 0.1) is 6.92 Å². The molecule has 0 unspecified atom stereocenters. The molecule has 1 fully saturated rings. The summed E-state index contributed by atoms with van der Waals surface area (Å²) in [6, 6.07) is 4.65. The Bertz CT molecular complexity index is 1570. The van der Waals surface area contributed by atoms with Crippen molar-refractivity contribution in [2.75, 3.05) is 0 Å². The van der Waals surface area contributed by atoms with Gasteiger partial charge in [0.25, 0.3) is 5.56 Å². The van der Waals surface area contributed by atoms with Gasteiger partial charge in [-0.25, -0.2) is 4.98 Å². The van der Waals surface area contributed by atoms with Gasteiger partial charge in [-0.1, -0.05) is 0 Å². The molecule has 4 aromatic rings. The molecule has 5 rings (SSSR count). The highest BCUT2D eigenvalue weighted by molar-refractivity contribution is 5.71. The van der Waals surface area contributed by atoms with Crippen LogP contribution < -0.4 is 5.56 Å². The van der Waals surface area contributed by atoms with E-state index in [0.29, 0.717) is 42.5 Å². The summed E-state index contributed by atoms with van der Waals surface area (Å²) in [5.74, 6) is -0.677. The molecule has 0 bridgehead atoms. The standard InChI is InChI=1S/C27H23F6N5O/c1-15-12-36-22-11-18(16-4-6-17(7-5-16)19-13-34-10-8-20(19)26(28,29)30)25(39)38(24(22)37-15)14-23-21(27(31,32)33)3-2-9-35-23/h2-3,8-13,16-17H,4-7,14H2,1H3. The number of hydrogen-bond donors (Lipinski definition) is 0. The van der Waals surface area contributed by atoms with Crippen LogP contribution in [0.25, 0.3) is 11.2 Å². The summed E-state index contributed by atoms with van der Waals surface area (Å²) >= 11 is 0. The molecule has 0 radical (unpaired) electrons. The molecule has 4 heterocycles. The Balaban J connectivity index is 1.51. The summed E-state index contributed by atoms with van der Waals surface area (Å²) < 4.78 is 82.7. The highest BCUT2D eigenvalue weighted by atomic mass is 19.4. The summed E-state index contributed by atoms with van der Waals surface area (Å²) in [5, 5.41) is 0. The third-order valence-corrected chi connectivity index (χ3v) is 7.21. The molecule has 0 saturated heterocycles. The van der Waals surface area contributed by atoms with Crippen LogP contribution in [-0.4, -0.2) is 24.5 Å². The molecule has 1 saturated carbocycles. The molecule has 0 N–H and O–H groups in total. The summed E-state index contributed by atoms with van der Waals surface area (Å²) in [7, 11) is 0. The first kappa shape index (κ1) is 26.8. The number of aryl methyl sites for hydroxylation is 1. The number of halogens is 6. The number of rotatable bonds is 4. The Kier molecular flexibility index (Phi) is 6.90. The zero-order valence-corrected chi connectivity index (χ0v) is 20.7. The van der Waals surface area contributed by atoms with E-state index < -0.39 is 35.6 Å². The second-order valence-corrected chi connectivity index (χ2v) is 9.72. The molecule has 39 heavy (non-hydrogen) atoms. The number of aromatic nitrogens is 5. The van der Waals surface area contributed by atoms with Gasteiger partial charge in [0.05, 0.1) is 29.1 Å². The fourth-order valence-electron chi connectivity index (χ4n) is 5.35. The van der Waals surface area contributed by atoms with Crippen LogP contribution in [0.1, 0.15) is 71.2 Å². The quantitative estimate of drug-likeness (QED) is 0.276. The van der Waals surface area contributed by atoms with Crippen molar-refractivity contribution in [3.63, 3.8) is 0 Å². The minimum atomic E-state index is -4.66. The van der Waals surface area contributed by atoms with E-state index in [1.807, 2.05) is 0 Å². The summed E-state index contributed by atoms with van der Waals surface area (Å²) in [6.45, 7) is 1.20. The number of nitrogens with zero attached hydrogens (tertiary/aromatic N) is 5. The maximum absolute atomic E-state index is 13.7. The third-order valence-electron chi connectivity index (χ3n) is 7.21. The van der Waals surface area contributed by atoms with Crippen molar-refractivity contribution < 1.29 is 26.3 Å². The van der Waals surface area contributed by atoms with Crippen molar-refractivity contribution >= 4 is 11.2 Å². The maximum Gasteiger partial charge on any atom is 0.418 e. The molecule has 0 atom stereocenters. The Labute approximate surface area is 218 Å². The van der Waals surface area contributed by atoms with E-state index in [1.165, 1.54) is 24.7 Å². The smallest absolute Gasteiger partial charge is 0.285 e. The third kappa shape index (κ3) is 5.37. The lowest BCUT2D eigenvalue weighted by atomic mass is 9.75. The molecule has 6 nitrogen and oxygen atoms in total. The maximum atomic E-state index is 13.7. The summed E-state index contributed by atoms with van der Waals surface area (Å²) in [6.07, 6.45) is -2.43. The Morgan fingerprint density at radius 3 is 2.21 bits per heavy atom. The van der Waals surface area contributed by atoms with Gasteiger partial charge in [-0.15, -0.1) is 0 Å². The van der Waals surface area contributed by atoms with E-state index in [0.717, 1.165) is 22.9 Å². The number of alkyl halides is 6. The van der Waals surface area contributed by atoms with Gasteiger partial charge in [0.2, 0.25) is 0 Å². The fraction of sp³-hybridized carbons (Fsp3) is 0.370. The summed E-state index contributed by atoms with van der Waals surface area (Å²) in [5.41, 5.74) is -1.05. The Morgan fingerprint density at radius 2 is 1.54 bits per heavy atom. The SMILES string of the molecule is Cc1cnc2cc(C3CCC(c4cnccc4C(F)(F)F)CC3)c(=O)n(Cc3ncccc3C(F)(F)F)c2n1. The first-order valence-electron chi connectivity index (χ1n) is 12.3. The zero-order valence-electron chi connectivity index (χ0n) is 20.7. The lowest BCUT2D eigenvalue weighted by molar-refractivity contribution is -0.139. The van der Waals surface area contributed by atoms with Crippen LogP contribution in [0.15, 0.2) is 53.8 Å². The first-order valence-corrected chi connectivity index (χ1v) is 12.3. The minimum absolute atomic E-state index is 0.135. The molecule has 204 valence electrons. The van der Waals surface area contributed by atoms with Crippen molar-refractivity contribution in [1.82, 2.24) is 24.5 Å². The molecule has 0 amide bonds. The van der Waals surface area contributed by atoms with Crippen LogP contribution in [0.5, 0.6) is 0 Å². The molecular formula is C27H23F6N5O. The Hall–Kier alpha value is -3.83. The fourth-order valence-corrected chi connectivity index (χ4v) is 5.35. The zero-order chi connectivity index (χ0) is 27.9. The molecule has 1 aliphatic rings. The van der Waals surface area contributed by atoms with Crippen molar-refractivity contribution in [1.29, 1.82) is 0 Å². The van der Waals surface area contributed by atoms with Crippen molar-refractivity contribution in [3.05, 3.63) is 93.0 Å². The monoisotopic (exact) mass is 547 g/mol. The number of pyridine rings is 3. The topological polar surface area (TPSA) is 73.6 Å². The molecular weight excluding hydrogens is 524 g/mol. The molecule has 4 aromatic heterocycles. The molecule has 1 aliphatic carbocycles. The number of fused-ring (bicyclic) bond motifs is 1. The second-order valence-electron chi connectivity index (χ2n) is 9.72. The molecule has 0 aliphatic heterocycles. The van der Waals surface area contributed by atoms with E-state index in [-0.39, 0.29) is 28.7 Å². The van der Waals surface area contributed by atoms with Gasteiger partial charge in [-0.3, -0.25) is 24.3 Å². The summed E-state index contributed by atoms with van der Waals surface area (Å²) in [4.78, 5) is 30.2. The lowest BCUT2D eigenvalue weighted by Gasteiger charge is -2.30. The van der Waals surface area contributed by atoms with E-state index in [4.69, 9.17) is 0 Å². The van der Waals surface area contributed by atoms with Crippen molar-refractivity contribution in [2.24, 2.45) is 0 Å². The van der Waals surface area contributed by atoms with Gasteiger partial charge in [0.15, 0.2) is 5.65 Å². The average molecular weight is 548 g/mol. The van der Waals surface area contributed by atoms with Gasteiger partial charge >= 0.3 is 12.4 Å². The highest BCUT2D eigenvalue weighted by Crippen LogP contribution is 2.44. The minimum Gasteiger partial charge on any atom is -0.285 e. The normalized spacial score (nSPS) is 18.4. The van der Waals surface area contributed by atoms with Gasteiger partial charge < -0.3 is 0 Å². The van der Waals surface area contributed by atoms with Crippen molar-refractivity contribution in [2.45, 2.75) is 63.3 Å². The van der Waals surface area contributed by atoms with E-state index in [2.05, 4.69) is 19.9 Å². The molecule has 12 heteroatoms. The van der Waals surface area contributed by atoms with Crippen LogP contribution >= 0.6 is 0 Å². The lowest BCUT2D eigenvalue weighted by Crippen LogP contribution is -2.29. The second kappa shape index (κ2) is 10.0. The van der Waals surface area contributed by atoms with Crippen LogP contribution in [0.3, 0.4) is 0 Å². The Morgan fingerprint density at radius 1 is 0.872 bits per heavy atom. The van der Waals surface area contributed by atoms with Gasteiger partial charge in [0.1, 0.15) is 5.52 Å². The van der Waals surface area contributed by atoms with E-state index >= 15 is 0 Å². The largest absolute Gasteiger partial charge is 0.418 e. The highest BCUT2D eigenvalue weighted by Gasteiger charge is 2.37. The van der Waals surface area contributed by atoms with Crippen LogP contribution in [0.4, 0.5) is 26.3 Å². The first-order chi connectivity index (χ1) is 18.4. The molecule has 0 spiro atoms. The van der Waals surface area contributed by atoms with Crippen LogP contribution in [0.2, 0.25) is 0 Å². The average Bonchev–Trinajstić information content (AvgIpc) is 2.90. The van der Waals surface area contributed by atoms with E-state index in [1.54, 1.807) is 13.0 Å². The number of hydrogen-bond acceptors (Lipinski definition) is 5. The predicted molar refractivity (Wildman–Crippen MR) is 130 cm³/mol.